The molecule has 29 heavy (non-hydrogen) atoms. The number of hydrogen-bond donors (Lipinski definition) is 1. The Balaban J connectivity index is 1.45. The standard InChI is InChI=1S/C21H20FN3O4/c1-13-9-18(17-3-2-8-28-17)29-21(27)19(13)20(26)23-10-14-11-24-25(12-14)16-6-4-15(22)5-7-16/h4-7,9,11-12,17H,2-3,8,10H2,1H3,(H,23,26). The summed E-state index contributed by atoms with van der Waals surface area (Å²) in [5.41, 5.74) is 1.30. The predicted octanol–water partition coefficient (Wildman–Crippen LogP) is 3.05. The number of carbonyl (C=O) groups excluding carboxylic acids is 1. The van der Waals surface area contributed by atoms with Gasteiger partial charge in [0.15, 0.2) is 0 Å². The van der Waals surface area contributed by atoms with Crippen LogP contribution in [0.25, 0.3) is 5.69 Å². The smallest absolute Gasteiger partial charge is 0.349 e. The maximum Gasteiger partial charge on any atom is 0.349 e. The third-order valence-corrected chi connectivity index (χ3v) is 4.82. The van der Waals surface area contributed by atoms with Gasteiger partial charge in [0.25, 0.3) is 5.91 Å². The molecule has 3 aromatic rings. The van der Waals surface area contributed by atoms with Gasteiger partial charge in [0.05, 0.1) is 11.9 Å². The third-order valence-electron chi connectivity index (χ3n) is 4.82. The van der Waals surface area contributed by atoms with Crippen LogP contribution in [-0.2, 0) is 11.3 Å². The fourth-order valence-electron chi connectivity index (χ4n) is 3.32. The number of halogens is 1. The van der Waals surface area contributed by atoms with Gasteiger partial charge in [-0.15, -0.1) is 0 Å². The highest BCUT2D eigenvalue weighted by Crippen LogP contribution is 2.28. The van der Waals surface area contributed by atoms with Crippen LogP contribution in [0.1, 0.15) is 46.2 Å². The molecule has 150 valence electrons. The molecule has 1 unspecified atom stereocenters. The molecule has 0 radical (unpaired) electrons. The van der Waals surface area contributed by atoms with Gasteiger partial charge in [0, 0.05) is 24.9 Å². The molecule has 1 aromatic carbocycles. The molecule has 1 saturated heterocycles. The maximum atomic E-state index is 13.0. The monoisotopic (exact) mass is 397 g/mol. The second kappa shape index (κ2) is 8.00. The average Bonchev–Trinajstić information content (AvgIpc) is 3.39. The summed E-state index contributed by atoms with van der Waals surface area (Å²) in [7, 11) is 0. The Morgan fingerprint density at radius 2 is 2.14 bits per heavy atom. The molecule has 0 spiro atoms. The van der Waals surface area contributed by atoms with Crippen LogP contribution in [0, 0.1) is 12.7 Å². The minimum absolute atomic E-state index is 0.0160. The summed E-state index contributed by atoms with van der Waals surface area (Å²) in [6.45, 7) is 2.53. The number of rotatable bonds is 5. The van der Waals surface area contributed by atoms with Gasteiger partial charge in [0.2, 0.25) is 0 Å². The maximum absolute atomic E-state index is 13.0. The number of carbonyl (C=O) groups is 1. The van der Waals surface area contributed by atoms with Crippen LogP contribution in [0.3, 0.4) is 0 Å². The van der Waals surface area contributed by atoms with Gasteiger partial charge in [-0.25, -0.2) is 13.9 Å². The first-order chi connectivity index (χ1) is 14.0. The van der Waals surface area contributed by atoms with Crippen molar-refractivity contribution in [1.82, 2.24) is 15.1 Å². The lowest BCUT2D eigenvalue weighted by Gasteiger charge is -2.11. The highest BCUT2D eigenvalue weighted by molar-refractivity contribution is 5.95. The van der Waals surface area contributed by atoms with Crippen LogP contribution < -0.4 is 10.9 Å². The fourth-order valence-corrected chi connectivity index (χ4v) is 3.32. The van der Waals surface area contributed by atoms with Gasteiger partial charge in [0.1, 0.15) is 23.2 Å². The highest BCUT2D eigenvalue weighted by atomic mass is 19.1. The molecule has 1 fully saturated rings. The molecule has 0 bridgehead atoms. The minimum Gasteiger partial charge on any atom is -0.424 e. The number of benzene rings is 1. The Morgan fingerprint density at radius 3 is 2.83 bits per heavy atom. The zero-order valence-corrected chi connectivity index (χ0v) is 15.9. The molecule has 1 N–H and O–H groups in total. The van der Waals surface area contributed by atoms with Crippen molar-refractivity contribution >= 4 is 5.91 Å². The van der Waals surface area contributed by atoms with Crippen molar-refractivity contribution < 1.29 is 18.3 Å². The van der Waals surface area contributed by atoms with Crippen molar-refractivity contribution in [3.63, 3.8) is 0 Å². The van der Waals surface area contributed by atoms with Gasteiger partial charge in [-0.3, -0.25) is 4.79 Å². The van der Waals surface area contributed by atoms with Gasteiger partial charge in [-0.2, -0.15) is 5.10 Å². The van der Waals surface area contributed by atoms with Crippen LogP contribution in [0.15, 0.2) is 51.9 Å². The molecule has 0 aliphatic carbocycles. The zero-order valence-electron chi connectivity index (χ0n) is 15.9. The number of nitrogens with one attached hydrogen (secondary N) is 1. The van der Waals surface area contributed by atoms with E-state index in [1.54, 1.807) is 42.2 Å². The molecule has 1 amide bonds. The number of ether oxygens (including phenoxy) is 1. The van der Waals surface area contributed by atoms with Crippen LogP contribution in [0.5, 0.6) is 0 Å². The van der Waals surface area contributed by atoms with Crippen LogP contribution in [0.4, 0.5) is 4.39 Å². The van der Waals surface area contributed by atoms with E-state index in [0.717, 1.165) is 18.4 Å². The van der Waals surface area contributed by atoms with Crippen molar-refractivity contribution in [2.24, 2.45) is 0 Å². The average molecular weight is 397 g/mol. The van der Waals surface area contributed by atoms with E-state index in [0.29, 0.717) is 23.6 Å². The van der Waals surface area contributed by atoms with Gasteiger partial charge in [-0.05, 0) is 55.7 Å². The summed E-state index contributed by atoms with van der Waals surface area (Å²) in [5.74, 6) is -0.375. The number of aromatic nitrogens is 2. The Kier molecular flexibility index (Phi) is 5.26. The SMILES string of the molecule is Cc1cc(C2CCCO2)oc(=O)c1C(=O)NCc1cnn(-c2ccc(F)cc2)c1. The molecule has 1 atom stereocenters. The van der Waals surface area contributed by atoms with Crippen LogP contribution >= 0.6 is 0 Å². The lowest BCUT2D eigenvalue weighted by Crippen LogP contribution is -2.29. The first kappa shape index (κ1) is 19.1. The quantitative estimate of drug-likeness (QED) is 0.715. The van der Waals surface area contributed by atoms with Gasteiger partial charge >= 0.3 is 5.63 Å². The molecule has 2 aromatic heterocycles. The van der Waals surface area contributed by atoms with Crippen molar-refractivity contribution in [2.45, 2.75) is 32.4 Å². The predicted molar refractivity (Wildman–Crippen MR) is 102 cm³/mol. The van der Waals surface area contributed by atoms with Crippen molar-refractivity contribution in [3.8, 4) is 5.69 Å². The summed E-state index contributed by atoms with van der Waals surface area (Å²) in [4.78, 5) is 24.9. The topological polar surface area (TPSA) is 86.4 Å². The Morgan fingerprint density at radius 1 is 1.34 bits per heavy atom. The summed E-state index contributed by atoms with van der Waals surface area (Å²) in [6.07, 6.45) is 4.81. The first-order valence-corrected chi connectivity index (χ1v) is 9.35. The third kappa shape index (κ3) is 4.12. The fraction of sp³-hybridized carbons (Fsp3) is 0.286. The second-order valence-electron chi connectivity index (χ2n) is 6.95. The van der Waals surface area contributed by atoms with Crippen molar-refractivity contribution in [2.75, 3.05) is 6.61 Å². The minimum atomic E-state index is -0.671. The molecule has 1 aliphatic rings. The number of nitrogens with zero attached hydrogens (tertiary/aromatic N) is 2. The van der Waals surface area contributed by atoms with Gasteiger partial charge in [-0.1, -0.05) is 0 Å². The summed E-state index contributed by atoms with van der Waals surface area (Å²) in [5, 5.41) is 6.92. The van der Waals surface area contributed by atoms with E-state index in [2.05, 4.69) is 10.4 Å². The molecule has 3 heterocycles. The van der Waals surface area contributed by atoms with E-state index in [-0.39, 0.29) is 24.0 Å². The number of aryl methyl sites for hydroxylation is 1. The van der Waals surface area contributed by atoms with E-state index in [1.165, 1.54) is 12.1 Å². The second-order valence-corrected chi connectivity index (χ2v) is 6.95. The first-order valence-electron chi connectivity index (χ1n) is 9.35. The van der Waals surface area contributed by atoms with Crippen LogP contribution in [0.2, 0.25) is 0 Å². The number of hydrogen-bond acceptors (Lipinski definition) is 5. The Bertz CT molecular complexity index is 1080. The summed E-state index contributed by atoms with van der Waals surface area (Å²) >= 11 is 0. The van der Waals surface area contributed by atoms with E-state index in [4.69, 9.17) is 9.15 Å². The normalized spacial score (nSPS) is 16.1. The van der Waals surface area contributed by atoms with Crippen molar-refractivity contribution in [1.29, 1.82) is 0 Å². The Labute approximate surface area is 166 Å². The summed E-state index contributed by atoms with van der Waals surface area (Å²) < 4.78 is 25.5. The summed E-state index contributed by atoms with van der Waals surface area (Å²) in [6, 6.07) is 7.60. The molecule has 0 saturated carbocycles. The number of amides is 1. The van der Waals surface area contributed by atoms with E-state index >= 15 is 0 Å². The molecule has 1 aliphatic heterocycles. The molecular weight excluding hydrogens is 377 g/mol. The van der Waals surface area contributed by atoms with Crippen molar-refractivity contribution in [3.05, 3.63) is 81.4 Å². The molecule has 8 heteroatoms. The van der Waals surface area contributed by atoms with E-state index < -0.39 is 11.5 Å². The lowest BCUT2D eigenvalue weighted by molar-refractivity contribution is 0.0882. The van der Waals surface area contributed by atoms with E-state index in [9.17, 15) is 14.0 Å². The van der Waals surface area contributed by atoms with E-state index in [1.807, 2.05) is 0 Å². The Hall–Kier alpha value is -3.26. The van der Waals surface area contributed by atoms with Crippen LogP contribution in [-0.4, -0.2) is 22.3 Å². The highest BCUT2D eigenvalue weighted by Gasteiger charge is 2.24. The molecule has 4 rings (SSSR count). The molecule has 7 nitrogen and oxygen atoms in total. The van der Waals surface area contributed by atoms with Gasteiger partial charge < -0.3 is 14.5 Å². The molecular formula is C21H20FN3O4. The lowest BCUT2D eigenvalue weighted by atomic mass is 10.1. The largest absolute Gasteiger partial charge is 0.424 e. The zero-order chi connectivity index (χ0) is 20.4.